The number of nitrogens with zero attached hydrogens (tertiary/aromatic N) is 2. The van der Waals surface area contributed by atoms with Gasteiger partial charge >= 0.3 is 0 Å². The second-order valence-electron chi connectivity index (χ2n) is 5.22. The smallest absolute Gasteiger partial charge is 0.259 e. The molecule has 2 N–H and O–H groups in total. The summed E-state index contributed by atoms with van der Waals surface area (Å²) in [6.45, 7) is 1.13. The average Bonchev–Trinajstić information content (AvgIpc) is 2.89. The summed E-state index contributed by atoms with van der Waals surface area (Å²) in [6.07, 6.45) is 2.86. The molecule has 3 rings (SSSR count). The van der Waals surface area contributed by atoms with Crippen LogP contribution in [-0.4, -0.2) is 28.6 Å². The Bertz CT molecular complexity index is 658. The highest BCUT2D eigenvalue weighted by atomic mass is 35.5. The number of hydrogen-bond acceptors (Lipinski definition) is 5. The monoisotopic (exact) mass is 320 g/mol. The molecule has 1 atom stereocenters. The minimum Gasteiger partial charge on any atom is -0.355 e. The van der Waals surface area contributed by atoms with Gasteiger partial charge in [-0.05, 0) is 31.4 Å². The van der Waals surface area contributed by atoms with E-state index < -0.39 is 0 Å². The van der Waals surface area contributed by atoms with E-state index >= 15 is 0 Å². The first-order valence-corrected chi connectivity index (χ1v) is 7.70. The quantitative estimate of drug-likeness (QED) is 0.902. The summed E-state index contributed by atoms with van der Waals surface area (Å²) in [5, 5.41) is 10.6. The van der Waals surface area contributed by atoms with Crippen LogP contribution in [0.1, 0.15) is 25.1 Å². The maximum absolute atomic E-state index is 11.9. The SMILES string of the molecule is O=C1NCCCCC1NCc1noc(-c2ccccc2Cl)n1. The molecule has 1 aliphatic rings. The van der Waals surface area contributed by atoms with Crippen LogP contribution in [0.4, 0.5) is 0 Å². The van der Waals surface area contributed by atoms with Crippen molar-refractivity contribution in [3.63, 3.8) is 0 Å². The van der Waals surface area contributed by atoms with Crippen molar-refractivity contribution in [2.45, 2.75) is 31.8 Å². The van der Waals surface area contributed by atoms with Crippen LogP contribution < -0.4 is 10.6 Å². The van der Waals surface area contributed by atoms with Crippen LogP contribution in [0.25, 0.3) is 11.5 Å². The van der Waals surface area contributed by atoms with Crippen LogP contribution in [0.15, 0.2) is 28.8 Å². The number of rotatable bonds is 4. The number of carbonyl (C=O) groups excluding carboxylic acids is 1. The average molecular weight is 321 g/mol. The van der Waals surface area contributed by atoms with Gasteiger partial charge in [0.05, 0.1) is 23.2 Å². The Hall–Kier alpha value is -1.92. The van der Waals surface area contributed by atoms with Crippen LogP contribution in [0.3, 0.4) is 0 Å². The molecule has 1 aromatic heterocycles. The summed E-state index contributed by atoms with van der Waals surface area (Å²) in [6, 6.07) is 7.10. The summed E-state index contributed by atoms with van der Waals surface area (Å²) in [5.41, 5.74) is 0.704. The normalized spacial score (nSPS) is 18.8. The summed E-state index contributed by atoms with van der Waals surface area (Å²) in [4.78, 5) is 16.2. The Morgan fingerprint density at radius 2 is 2.23 bits per heavy atom. The molecular weight excluding hydrogens is 304 g/mol. The van der Waals surface area contributed by atoms with Gasteiger partial charge in [0.1, 0.15) is 0 Å². The number of amides is 1. The molecular formula is C15H17ClN4O2. The number of aromatic nitrogens is 2. The molecule has 0 spiro atoms. The predicted octanol–water partition coefficient (Wildman–Crippen LogP) is 2.15. The lowest BCUT2D eigenvalue weighted by Gasteiger charge is -2.13. The van der Waals surface area contributed by atoms with Gasteiger partial charge in [0.25, 0.3) is 5.89 Å². The van der Waals surface area contributed by atoms with Crippen molar-refractivity contribution in [3.8, 4) is 11.5 Å². The third-order valence-electron chi connectivity index (χ3n) is 3.61. The molecule has 1 saturated heterocycles. The molecule has 2 heterocycles. The third kappa shape index (κ3) is 3.45. The van der Waals surface area contributed by atoms with Gasteiger partial charge in [-0.25, -0.2) is 0 Å². The van der Waals surface area contributed by atoms with E-state index in [9.17, 15) is 4.79 Å². The van der Waals surface area contributed by atoms with Gasteiger partial charge in [-0.15, -0.1) is 0 Å². The van der Waals surface area contributed by atoms with Crippen LogP contribution in [0.5, 0.6) is 0 Å². The van der Waals surface area contributed by atoms with Crippen molar-refractivity contribution >= 4 is 17.5 Å². The molecule has 0 radical (unpaired) electrons. The van der Waals surface area contributed by atoms with Gasteiger partial charge in [0.2, 0.25) is 5.91 Å². The van der Waals surface area contributed by atoms with Crippen molar-refractivity contribution in [1.82, 2.24) is 20.8 Å². The number of hydrogen-bond donors (Lipinski definition) is 2. The molecule has 7 heteroatoms. The van der Waals surface area contributed by atoms with Gasteiger partial charge in [-0.1, -0.05) is 28.9 Å². The minimum atomic E-state index is -0.204. The number of nitrogens with one attached hydrogen (secondary N) is 2. The van der Waals surface area contributed by atoms with Crippen molar-refractivity contribution in [3.05, 3.63) is 35.1 Å². The molecule has 0 aliphatic carbocycles. The highest BCUT2D eigenvalue weighted by Gasteiger charge is 2.20. The highest BCUT2D eigenvalue weighted by molar-refractivity contribution is 6.33. The zero-order chi connectivity index (χ0) is 15.4. The van der Waals surface area contributed by atoms with Gasteiger partial charge in [0, 0.05) is 6.54 Å². The van der Waals surface area contributed by atoms with Crippen LogP contribution >= 0.6 is 11.6 Å². The Balaban J connectivity index is 1.65. The van der Waals surface area contributed by atoms with Gasteiger partial charge in [0.15, 0.2) is 5.82 Å². The van der Waals surface area contributed by atoms with Gasteiger partial charge in [-0.2, -0.15) is 4.98 Å². The van der Waals surface area contributed by atoms with Crippen LogP contribution in [-0.2, 0) is 11.3 Å². The van der Waals surface area contributed by atoms with E-state index in [-0.39, 0.29) is 11.9 Å². The number of carbonyl (C=O) groups is 1. The minimum absolute atomic E-state index is 0.0346. The van der Waals surface area contributed by atoms with Crippen LogP contribution in [0.2, 0.25) is 5.02 Å². The molecule has 0 saturated carbocycles. The molecule has 1 aromatic carbocycles. The molecule has 116 valence electrons. The lowest BCUT2D eigenvalue weighted by molar-refractivity contribution is -0.122. The fraction of sp³-hybridized carbons (Fsp3) is 0.400. The van der Waals surface area contributed by atoms with E-state index in [1.807, 2.05) is 18.2 Å². The van der Waals surface area contributed by atoms with E-state index in [0.29, 0.717) is 28.8 Å². The Labute approximate surface area is 133 Å². The molecule has 6 nitrogen and oxygen atoms in total. The highest BCUT2D eigenvalue weighted by Crippen LogP contribution is 2.25. The second-order valence-corrected chi connectivity index (χ2v) is 5.62. The van der Waals surface area contributed by atoms with E-state index in [1.54, 1.807) is 6.07 Å². The lowest BCUT2D eigenvalue weighted by Crippen LogP contribution is -2.42. The number of halogens is 1. The third-order valence-corrected chi connectivity index (χ3v) is 3.94. The van der Waals surface area contributed by atoms with E-state index in [0.717, 1.165) is 25.8 Å². The van der Waals surface area contributed by atoms with Crippen LogP contribution in [0, 0.1) is 0 Å². The summed E-state index contributed by atoms with van der Waals surface area (Å²) in [7, 11) is 0. The number of benzene rings is 1. The van der Waals surface area contributed by atoms with E-state index in [4.69, 9.17) is 16.1 Å². The molecule has 22 heavy (non-hydrogen) atoms. The predicted molar refractivity (Wildman–Crippen MR) is 82.2 cm³/mol. The maximum Gasteiger partial charge on any atom is 0.259 e. The first kappa shape index (κ1) is 15.0. The summed E-state index contributed by atoms with van der Waals surface area (Å²) < 4.78 is 5.24. The fourth-order valence-electron chi connectivity index (χ4n) is 2.42. The second kappa shape index (κ2) is 6.89. The van der Waals surface area contributed by atoms with Gasteiger partial charge < -0.3 is 9.84 Å². The molecule has 1 aliphatic heterocycles. The Morgan fingerprint density at radius 3 is 3.09 bits per heavy atom. The van der Waals surface area contributed by atoms with E-state index in [1.165, 1.54) is 0 Å². The van der Waals surface area contributed by atoms with Crippen molar-refractivity contribution in [1.29, 1.82) is 0 Å². The Morgan fingerprint density at radius 1 is 1.36 bits per heavy atom. The van der Waals surface area contributed by atoms with Gasteiger partial charge in [-0.3, -0.25) is 10.1 Å². The summed E-state index contributed by atoms with van der Waals surface area (Å²) in [5.74, 6) is 0.923. The van der Waals surface area contributed by atoms with Crippen molar-refractivity contribution in [2.24, 2.45) is 0 Å². The van der Waals surface area contributed by atoms with Crippen molar-refractivity contribution < 1.29 is 9.32 Å². The zero-order valence-corrected chi connectivity index (χ0v) is 12.8. The Kier molecular flexibility index (Phi) is 4.70. The first-order valence-electron chi connectivity index (χ1n) is 7.32. The summed E-state index contributed by atoms with van der Waals surface area (Å²) >= 11 is 6.11. The molecule has 1 unspecified atom stereocenters. The maximum atomic E-state index is 11.9. The molecule has 1 amide bonds. The largest absolute Gasteiger partial charge is 0.355 e. The molecule has 1 fully saturated rings. The fourth-order valence-corrected chi connectivity index (χ4v) is 2.63. The molecule has 2 aromatic rings. The standard InChI is InChI=1S/C15H17ClN4O2/c16-11-6-2-1-5-10(11)15-19-13(20-22-15)9-18-12-7-3-4-8-17-14(12)21/h1-2,5-6,12,18H,3-4,7-9H2,(H,17,21). The van der Waals surface area contributed by atoms with E-state index in [2.05, 4.69) is 20.8 Å². The first-order chi connectivity index (χ1) is 10.7. The lowest BCUT2D eigenvalue weighted by atomic mass is 10.1. The van der Waals surface area contributed by atoms with Crippen molar-refractivity contribution in [2.75, 3.05) is 6.54 Å². The molecule has 0 bridgehead atoms. The zero-order valence-electron chi connectivity index (χ0n) is 12.0. The topological polar surface area (TPSA) is 80.0 Å².